The van der Waals surface area contributed by atoms with Crippen LogP contribution in [-0.4, -0.2) is 23.8 Å². The molecule has 3 heteroatoms. The lowest BCUT2D eigenvalue weighted by molar-refractivity contribution is -0.127. The molecule has 0 aromatic carbocycles. The van der Waals surface area contributed by atoms with Crippen molar-refractivity contribution in [3.63, 3.8) is 0 Å². The molecule has 130 valence electrons. The van der Waals surface area contributed by atoms with E-state index in [2.05, 4.69) is 13.8 Å². The molecular formula is C21H28O3. The molecule has 4 aliphatic carbocycles. The molecule has 0 spiro atoms. The van der Waals surface area contributed by atoms with Crippen LogP contribution in [0.5, 0.6) is 0 Å². The van der Waals surface area contributed by atoms with Gasteiger partial charge in [0.2, 0.25) is 0 Å². The van der Waals surface area contributed by atoms with Gasteiger partial charge in [0.25, 0.3) is 0 Å². The van der Waals surface area contributed by atoms with Crippen molar-refractivity contribution in [2.24, 2.45) is 34.5 Å². The number of hydrogen-bond acceptors (Lipinski definition) is 3. The van der Waals surface area contributed by atoms with Gasteiger partial charge in [-0.25, -0.2) is 0 Å². The van der Waals surface area contributed by atoms with Gasteiger partial charge < -0.3 is 4.74 Å². The molecule has 0 unspecified atom stereocenters. The van der Waals surface area contributed by atoms with Crippen molar-refractivity contribution >= 4 is 11.6 Å². The Morgan fingerprint density at radius 2 is 2.00 bits per heavy atom. The van der Waals surface area contributed by atoms with Gasteiger partial charge in [0.15, 0.2) is 5.78 Å². The van der Waals surface area contributed by atoms with E-state index >= 15 is 0 Å². The molecule has 0 radical (unpaired) electrons. The van der Waals surface area contributed by atoms with Gasteiger partial charge >= 0.3 is 0 Å². The maximum atomic E-state index is 12.3. The second-order valence-corrected chi connectivity index (χ2v) is 9.52. The van der Waals surface area contributed by atoms with E-state index in [-0.39, 0.29) is 22.9 Å². The van der Waals surface area contributed by atoms with E-state index in [9.17, 15) is 9.59 Å². The third-order valence-corrected chi connectivity index (χ3v) is 8.72. The van der Waals surface area contributed by atoms with E-state index < -0.39 is 0 Å². The molecule has 4 fully saturated rings. The maximum Gasteiger partial charge on any atom is 0.155 e. The van der Waals surface area contributed by atoms with Crippen molar-refractivity contribution in [1.29, 1.82) is 0 Å². The molecule has 5 rings (SSSR count). The molecule has 3 nitrogen and oxygen atoms in total. The van der Waals surface area contributed by atoms with E-state index in [1.165, 1.54) is 18.4 Å². The number of carbonyl (C=O) groups is 2. The number of allylic oxidation sites excluding steroid dienone is 1. The molecule has 1 saturated heterocycles. The second kappa shape index (κ2) is 4.60. The zero-order valence-electron chi connectivity index (χ0n) is 15.0. The summed E-state index contributed by atoms with van der Waals surface area (Å²) in [6, 6.07) is 0. The summed E-state index contributed by atoms with van der Waals surface area (Å²) < 4.78 is 6.32. The van der Waals surface area contributed by atoms with Gasteiger partial charge in [-0.1, -0.05) is 19.4 Å². The van der Waals surface area contributed by atoms with Crippen LogP contribution in [0.4, 0.5) is 0 Å². The van der Waals surface area contributed by atoms with Crippen molar-refractivity contribution in [2.75, 3.05) is 0 Å². The number of Topliss-reactive ketones (excluding diaryl/α,β-unsaturated/α-hetero) is 1. The second-order valence-electron chi connectivity index (χ2n) is 9.52. The number of hydrogen-bond donors (Lipinski definition) is 0. The summed E-state index contributed by atoms with van der Waals surface area (Å²) in [5.41, 5.74) is 1.59. The number of rotatable bonds is 1. The minimum Gasteiger partial charge on any atom is -0.369 e. The molecule has 0 N–H and O–H groups in total. The minimum atomic E-state index is 0.0553. The summed E-state index contributed by atoms with van der Waals surface area (Å²) in [6.45, 7) is 6.51. The summed E-state index contributed by atoms with van der Waals surface area (Å²) in [5, 5.41) is 0. The summed E-state index contributed by atoms with van der Waals surface area (Å²) >= 11 is 0. The Bertz CT molecular complexity index is 664. The van der Waals surface area contributed by atoms with Crippen LogP contribution < -0.4 is 0 Å². The van der Waals surface area contributed by atoms with E-state index in [0.29, 0.717) is 41.8 Å². The molecule has 24 heavy (non-hydrogen) atoms. The van der Waals surface area contributed by atoms with Gasteiger partial charge in [-0.05, 0) is 68.3 Å². The van der Waals surface area contributed by atoms with E-state index in [4.69, 9.17) is 4.74 Å². The zero-order valence-corrected chi connectivity index (χ0v) is 15.0. The third kappa shape index (κ3) is 1.67. The van der Waals surface area contributed by atoms with Crippen molar-refractivity contribution in [3.8, 4) is 0 Å². The Labute approximate surface area is 144 Å². The lowest BCUT2D eigenvalue weighted by atomic mass is 9.46. The predicted molar refractivity (Wildman–Crippen MR) is 90.3 cm³/mol. The molecule has 0 aromatic heterocycles. The Morgan fingerprint density at radius 1 is 1.21 bits per heavy atom. The monoisotopic (exact) mass is 328 g/mol. The first-order chi connectivity index (χ1) is 11.4. The normalized spacial score (nSPS) is 55.0. The fourth-order valence-corrected chi connectivity index (χ4v) is 7.60. The molecule has 3 saturated carbocycles. The van der Waals surface area contributed by atoms with Crippen LogP contribution in [0.1, 0.15) is 59.3 Å². The summed E-state index contributed by atoms with van der Waals surface area (Å²) in [4.78, 5) is 24.2. The molecule has 1 heterocycles. The Hall–Kier alpha value is -0.960. The maximum absolute atomic E-state index is 12.3. The van der Waals surface area contributed by atoms with Crippen LogP contribution in [0.15, 0.2) is 11.6 Å². The van der Waals surface area contributed by atoms with E-state index in [1.54, 1.807) is 6.92 Å². The summed E-state index contributed by atoms with van der Waals surface area (Å²) in [5.74, 6) is 2.70. The average Bonchev–Trinajstić information content (AvgIpc) is 3.24. The highest BCUT2D eigenvalue weighted by molar-refractivity contribution is 5.91. The highest BCUT2D eigenvalue weighted by atomic mass is 16.6. The van der Waals surface area contributed by atoms with Crippen LogP contribution in [0.2, 0.25) is 0 Å². The fourth-order valence-electron chi connectivity index (χ4n) is 7.60. The summed E-state index contributed by atoms with van der Waals surface area (Å²) in [7, 11) is 0. The lowest BCUT2D eigenvalue weighted by Crippen LogP contribution is -2.55. The van der Waals surface area contributed by atoms with Crippen LogP contribution in [0.3, 0.4) is 0 Å². The largest absolute Gasteiger partial charge is 0.369 e. The van der Waals surface area contributed by atoms with E-state index in [0.717, 1.165) is 19.3 Å². The molecule has 0 aromatic rings. The number of ketones is 2. The predicted octanol–water partition coefficient (Wildman–Crippen LogP) is 3.71. The fraction of sp³-hybridized carbons (Fsp3) is 0.810. The van der Waals surface area contributed by atoms with Gasteiger partial charge in [0.05, 0.1) is 12.2 Å². The molecule has 0 amide bonds. The van der Waals surface area contributed by atoms with Gasteiger partial charge in [-0.2, -0.15) is 0 Å². The van der Waals surface area contributed by atoms with Crippen LogP contribution in [0, 0.1) is 34.5 Å². The number of fused-ring (bicyclic) bond motifs is 8. The van der Waals surface area contributed by atoms with Gasteiger partial charge in [0.1, 0.15) is 5.78 Å². The van der Waals surface area contributed by atoms with Crippen molar-refractivity contribution in [3.05, 3.63) is 11.6 Å². The Balaban J connectivity index is 1.56. The smallest absolute Gasteiger partial charge is 0.155 e. The van der Waals surface area contributed by atoms with Crippen molar-refractivity contribution < 1.29 is 14.3 Å². The van der Waals surface area contributed by atoms with Gasteiger partial charge in [-0.15, -0.1) is 0 Å². The SMILES string of the molecule is CC(=O)[C@H]1CC[C@H]2[C@@H]3CCC4=CC(=O)CC[C@]4(C)[C@H]3[C@H]3O[C@@H]3[C@]12C. The molecule has 0 bridgehead atoms. The Morgan fingerprint density at radius 3 is 2.75 bits per heavy atom. The highest BCUT2D eigenvalue weighted by Crippen LogP contribution is 2.71. The molecule has 8 atom stereocenters. The first kappa shape index (κ1) is 15.3. The quantitative estimate of drug-likeness (QED) is 0.689. The number of epoxide rings is 1. The van der Waals surface area contributed by atoms with Crippen molar-refractivity contribution in [1.82, 2.24) is 0 Å². The van der Waals surface area contributed by atoms with Crippen molar-refractivity contribution in [2.45, 2.75) is 71.5 Å². The first-order valence-corrected chi connectivity index (χ1v) is 9.77. The lowest BCUT2D eigenvalue weighted by Gasteiger charge is -2.56. The zero-order chi connectivity index (χ0) is 16.9. The van der Waals surface area contributed by atoms with Crippen LogP contribution >= 0.6 is 0 Å². The van der Waals surface area contributed by atoms with Crippen LogP contribution in [0.25, 0.3) is 0 Å². The molecule has 1 aliphatic heterocycles. The summed E-state index contributed by atoms with van der Waals surface area (Å²) in [6.07, 6.45) is 8.70. The van der Waals surface area contributed by atoms with Gasteiger partial charge in [-0.3, -0.25) is 9.59 Å². The highest BCUT2D eigenvalue weighted by Gasteiger charge is 2.73. The minimum absolute atomic E-state index is 0.0553. The molecule has 5 aliphatic rings. The third-order valence-electron chi connectivity index (χ3n) is 8.72. The van der Waals surface area contributed by atoms with Gasteiger partial charge in [0, 0.05) is 17.8 Å². The van der Waals surface area contributed by atoms with Crippen LogP contribution in [-0.2, 0) is 14.3 Å². The first-order valence-electron chi connectivity index (χ1n) is 9.77. The standard InChI is InChI=1S/C21H28O3/c1-11(22)15-6-7-16-14-5-4-12-10-13(23)8-9-20(12,2)17(14)18-19(24-18)21(15,16)3/h10,14-19H,4-9H2,1-3H3/t14-,15+,16-,17+,18+,19-,20-,21+/m0/s1. The number of carbonyl (C=O) groups excluding carboxylic acids is 2. The Kier molecular flexibility index (Phi) is 2.94. The number of ether oxygens (including phenoxy) is 1. The van der Waals surface area contributed by atoms with E-state index in [1.807, 2.05) is 6.08 Å². The molecular weight excluding hydrogens is 300 g/mol. The topological polar surface area (TPSA) is 46.7 Å². The average molecular weight is 328 g/mol.